The molecule has 1 atom stereocenters. The van der Waals surface area contributed by atoms with Crippen LogP contribution in [0.1, 0.15) is 24.3 Å². The van der Waals surface area contributed by atoms with E-state index in [1.54, 1.807) is 12.4 Å². The molecule has 1 saturated heterocycles. The van der Waals surface area contributed by atoms with Crippen molar-refractivity contribution in [2.75, 3.05) is 5.73 Å². The fourth-order valence-electron chi connectivity index (χ4n) is 2.54. The van der Waals surface area contributed by atoms with Crippen LogP contribution in [0.15, 0.2) is 30.6 Å². The Balaban J connectivity index is 2.14. The van der Waals surface area contributed by atoms with Crippen molar-refractivity contribution in [3.8, 4) is 0 Å². The summed E-state index contributed by atoms with van der Waals surface area (Å²) >= 11 is 0. The van der Waals surface area contributed by atoms with E-state index in [0.717, 1.165) is 16.3 Å². The Morgan fingerprint density at radius 1 is 1.32 bits per heavy atom. The SMILES string of the molecule is Nc1cc(C2CCC(=O)NC2=O)c2ccncc2c1. The average molecular weight is 255 g/mol. The van der Waals surface area contributed by atoms with Crippen molar-refractivity contribution in [1.29, 1.82) is 0 Å². The molecule has 5 heteroatoms. The van der Waals surface area contributed by atoms with Gasteiger partial charge in [0, 0.05) is 29.9 Å². The van der Waals surface area contributed by atoms with E-state index in [0.29, 0.717) is 18.5 Å². The van der Waals surface area contributed by atoms with E-state index in [4.69, 9.17) is 5.73 Å². The van der Waals surface area contributed by atoms with Crippen LogP contribution in [0.25, 0.3) is 10.8 Å². The molecule has 1 aliphatic heterocycles. The zero-order valence-corrected chi connectivity index (χ0v) is 10.2. The van der Waals surface area contributed by atoms with Gasteiger partial charge in [0.2, 0.25) is 11.8 Å². The number of hydrogen-bond acceptors (Lipinski definition) is 4. The van der Waals surface area contributed by atoms with E-state index in [9.17, 15) is 9.59 Å². The number of hydrogen-bond donors (Lipinski definition) is 2. The van der Waals surface area contributed by atoms with Gasteiger partial charge in [0.15, 0.2) is 0 Å². The van der Waals surface area contributed by atoms with Gasteiger partial charge in [0.1, 0.15) is 0 Å². The minimum Gasteiger partial charge on any atom is -0.399 e. The number of nitrogens with two attached hydrogens (primary N) is 1. The number of benzene rings is 1. The van der Waals surface area contributed by atoms with Crippen LogP contribution in [0.3, 0.4) is 0 Å². The van der Waals surface area contributed by atoms with Crippen LogP contribution in [0, 0.1) is 0 Å². The van der Waals surface area contributed by atoms with Gasteiger partial charge in [-0.3, -0.25) is 19.9 Å². The molecule has 0 saturated carbocycles. The Labute approximate surface area is 109 Å². The van der Waals surface area contributed by atoms with Crippen molar-refractivity contribution < 1.29 is 9.59 Å². The van der Waals surface area contributed by atoms with Crippen molar-refractivity contribution in [2.24, 2.45) is 0 Å². The molecule has 5 nitrogen and oxygen atoms in total. The van der Waals surface area contributed by atoms with Gasteiger partial charge in [-0.1, -0.05) is 0 Å². The Morgan fingerprint density at radius 2 is 2.16 bits per heavy atom. The summed E-state index contributed by atoms with van der Waals surface area (Å²) in [4.78, 5) is 27.2. The third kappa shape index (κ3) is 2.03. The highest BCUT2D eigenvalue weighted by atomic mass is 16.2. The third-order valence-electron chi connectivity index (χ3n) is 3.42. The molecule has 1 aromatic heterocycles. The number of fused-ring (bicyclic) bond motifs is 1. The predicted molar refractivity (Wildman–Crippen MR) is 71.3 cm³/mol. The molecule has 0 aliphatic carbocycles. The normalized spacial score (nSPS) is 19.5. The summed E-state index contributed by atoms with van der Waals surface area (Å²) in [5.41, 5.74) is 7.34. The maximum atomic E-state index is 12.0. The van der Waals surface area contributed by atoms with Gasteiger partial charge in [-0.2, -0.15) is 0 Å². The summed E-state index contributed by atoms with van der Waals surface area (Å²) in [7, 11) is 0. The van der Waals surface area contributed by atoms with Crippen molar-refractivity contribution in [3.63, 3.8) is 0 Å². The van der Waals surface area contributed by atoms with E-state index in [1.807, 2.05) is 18.2 Å². The van der Waals surface area contributed by atoms with E-state index in [1.165, 1.54) is 0 Å². The molecule has 2 heterocycles. The highest BCUT2D eigenvalue weighted by molar-refractivity contribution is 6.03. The fourth-order valence-corrected chi connectivity index (χ4v) is 2.54. The van der Waals surface area contributed by atoms with Gasteiger partial charge in [-0.15, -0.1) is 0 Å². The molecule has 3 rings (SSSR count). The van der Waals surface area contributed by atoms with Crippen molar-refractivity contribution >= 4 is 28.3 Å². The van der Waals surface area contributed by atoms with Crippen LogP contribution in [0.4, 0.5) is 5.69 Å². The summed E-state index contributed by atoms with van der Waals surface area (Å²) in [6, 6.07) is 5.51. The fraction of sp³-hybridized carbons (Fsp3) is 0.214. The zero-order valence-electron chi connectivity index (χ0n) is 10.2. The number of imide groups is 1. The molecule has 0 radical (unpaired) electrons. The van der Waals surface area contributed by atoms with Crippen LogP contribution in [0.5, 0.6) is 0 Å². The lowest BCUT2D eigenvalue weighted by molar-refractivity contribution is -0.134. The quantitative estimate of drug-likeness (QED) is 0.594. The van der Waals surface area contributed by atoms with Gasteiger partial charge >= 0.3 is 0 Å². The van der Waals surface area contributed by atoms with E-state index in [2.05, 4.69) is 10.3 Å². The second-order valence-corrected chi connectivity index (χ2v) is 4.71. The molecule has 1 aromatic carbocycles. The molecule has 3 N–H and O–H groups in total. The smallest absolute Gasteiger partial charge is 0.234 e. The molecular formula is C14H13N3O2. The summed E-state index contributed by atoms with van der Waals surface area (Å²) in [5, 5.41) is 4.24. The molecular weight excluding hydrogens is 242 g/mol. The number of pyridine rings is 1. The predicted octanol–water partition coefficient (Wildman–Crippen LogP) is 1.34. The van der Waals surface area contributed by atoms with Crippen LogP contribution in [0.2, 0.25) is 0 Å². The average Bonchev–Trinajstić information content (AvgIpc) is 2.38. The molecule has 19 heavy (non-hydrogen) atoms. The molecule has 2 aromatic rings. The first kappa shape index (κ1) is 11.6. The summed E-state index contributed by atoms with van der Waals surface area (Å²) in [5.74, 6) is -0.790. The Hall–Kier alpha value is -2.43. The largest absolute Gasteiger partial charge is 0.399 e. The highest BCUT2D eigenvalue weighted by Gasteiger charge is 2.29. The minimum absolute atomic E-state index is 0.212. The molecule has 1 aliphatic rings. The van der Waals surface area contributed by atoms with Crippen LogP contribution in [-0.4, -0.2) is 16.8 Å². The number of nitrogens with zero attached hydrogens (tertiary/aromatic N) is 1. The molecule has 2 amide bonds. The van der Waals surface area contributed by atoms with E-state index in [-0.39, 0.29) is 17.7 Å². The Kier molecular flexibility index (Phi) is 2.67. The number of carbonyl (C=O) groups is 2. The first-order valence-corrected chi connectivity index (χ1v) is 6.12. The number of amides is 2. The minimum atomic E-state index is -0.328. The second-order valence-electron chi connectivity index (χ2n) is 4.71. The van der Waals surface area contributed by atoms with Crippen LogP contribution in [-0.2, 0) is 9.59 Å². The number of anilines is 1. The maximum Gasteiger partial charge on any atom is 0.234 e. The number of aromatic nitrogens is 1. The summed E-state index contributed by atoms with van der Waals surface area (Å²) < 4.78 is 0. The van der Waals surface area contributed by atoms with Gasteiger partial charge in [0.05, 0.1) is 5.92 Å². The number of rotatable bonds is 1. The Morgan fingerprint density at radius 3 is 2.95 bits per heavy atom. The van der Waals surface area contributed by atoms with Crippen molar-refractivity contribution in [3.05, 3.63) is 36.2 Å². The summed E-state index contributed by atoms with van der Waals surface area (Å²) in [6.45, 7) is 0. The van der Waals surface area contributed by atoms with Crippen molar-refractivity contribution in [2.45, 2.75) is 18.8 Å². The topological polar surface area (TPSA) is 85.1 Å². The lowest BCUT2D eigenvalue weighted by Gasteiger charge is -2.22. The van der Waals surface area contributed by atoms with E-state index >= 15 is 0 Å². The number of nitrogen functional groups attached to an aromatic ring is 1. The molecule has 0 spiro atoms. The van der Waals surface area contributed by atoms with Crippen LogP contribution < -0.4 is 11.1 Å². The number of carbonyl (C=O) groups excluding carboxylic acids is 2. The van der Waals surface area contributed by atoms with E-state index < -0.39 is 0 Å². The number of nitrogens with one attached hydrogen (secondary N) is 1. The van der Waals surface area contributed by atoms with Crippen LogP contribution >= 0.6 is 0 Å². The lowest BCUT2D eigenvalue weighted by Crippen LogP contribution is -2.39. The van der Waals surface area contributed by atoms with Gasteiger partial charge < -0.3 is 5.73 Å². The molecule has 0 bridgehead atoms. The third-order valence-corrected chi connectivity index (χ3v) is 3.42. The molecule has 96 valence electrons. The Bertz CT molecular complexity index is 681. The summed E-state index contributed by atoms with van der Waals surface area (Å²) in [6.07, 6.45) is 4.29. The lowest BCUT2D eigenvalue weighted by atomic mass is 9.87. The monoisotopic (exact) mass is 255 g/mol. The maximum absolute atomic E-state index is 12.0. The second kappa shape index (κ2) is 4.35. The first-order valence-electron chi connectivity index (χ1n) is 6.12. The highest BCUT2D eigenvalue weighted by Crippen LogP contribution is 2.32. The standard InChI is InChI=1S/C14H13N3O2/c15-9-5-8-7-16-4-3-10(8)12(6-9)11-1-2-13(18)17-14(11)19/h3-7,11H,1-2,15H2,(H,17,18,19). The van der Waals surface area contributed by atoms with Gasteiger partial charge in [-0.25, -0.2) is 0 Å². The number of piperidine rings is 1. The zero-order chi connectivity index (χ0) is 13.4. The molecule has 1 unspecified atom stereocenters. The van der Waals surface area contributed by atoms with Crippen molar-refractivity contribution in [1.82, 2.24) is 10.3 Å². The van der Waals surface area contributed by atoms with Gasteiger partial charge in [0.25, 0.3) is 0 Å². The molecule has 1 fully saturated rings. The van der Waals surface area contributed by atoms with Gasteiger partial charge in [-0.05, 0) is 35.6 Å². The first-order chi connectivity index (χ1) is 9.15.